The highest BCUT2D eigenvalue weighted by molar-refractivity contribution is 6.32. The van der Waals surface area contributed by atoms with E-state index < -0.39 is 11.4 Å². The van der Waals surface area contributed by atoms with Gasteiger partial charge in [-0.3, -0.25) is 4.79 Å². The summed E-state index contributed by atoms with van der Waals surface area (Å²) in [4.78, 5) is 11.4. The highest BCUT2D eigenvalue weighted by Crippen LogP contribution is 2.49. The number of phenols is 1. The van der Waals surface area contributed by atoms with Crippen LogP contribution in [-0.2, 0) is 10.2 Å². The van der Waals surface area contributed by atoms with Crippen LogP contribution in [0, 0.1) is 0 Å². The number of phenolic OH excluding ortho intramolecular Hbond substituents is 1. The standard InChI is InChI=1S/C12H13ClO4/c1-17-10-5-7(9(14)6-8(10)13)12(11(15)16)3-2-4-12/h5-6,14H,2-4H2,1H3,(H,15,16). The van der Waals surface area contributed by atoms with Gasteiger partial charge in [0, 0.05) is 11.6 Å². The van der Waals surface area contributed by atoms with Crippen molar-refractivity contribution in [3.8, 4) is 11.5 Å². The van der Waals surface area contributed by atoms with Crippen LogP contribution in [-0.4, -0.2) is 23.3 Å². The number of aromatic hydroxyl groups is 1. The number of ether oxygens (including phenoxy) is 1. The monoisotopic (exact) mass is 256 g/mol. The second-order valence-corrected chi connectivity index (χ2v) is 4.65. The van der Waals surface area contributed by atoms with Gasteiger partial charge < -0.3 is 14.9 Å². The van der Waals surface area contributed by atoms with Crippen molar-refractivity contribution in [1.82, 2.24) is 0 Å². The molecule has 2 rings (SSSR count). The lowest BCUT2D eigenvalue weighted by Crippen LogP contribution is -2.42. The molecule has 2 N–H and O–H groups in total. The first-order valence-corrected chi connectivity index (χ1v) is 5.69. The fourth-order valence-electron chi connectivity index (χ4n) is 2.21. The second kappa shape index (κ2) is 4.11. The topological polar surface area (TPSA) is 66.8 Å². The highest BCUT2D eigenvalue weighted by atomic mass is 35.5. The van der Waals surface area contributed by atoms with Gasteiger partial charge in [0.15, 0.2) is 0 Å². The van der Waals surface area contributed by atoms with Gasteiger partial charge >= 0.3 is 5.97 Å². The third-order valence-corrected chi connectivity index (χ3v) is 3.70. The molecule has 0 amide bonds. The Morgan fingerprint density at radius 3 is 2.53 bits per heavy atom. The molecule has 0 spiro atoms. The Morgan fingerprint density at radius 2 is 2.12 bits per heavy atom. The number of carboxylic acid groups (broad SMARTS) is 1. The average Bonchev–Trinajstić information content (AvgIpc) is 2.18. The average molecular weight is 257 g/mol. The number of carbonyl (C=O) groups is 1. The lowest BCUT2D eigenvalue weighted by Gasteiger charge is -2.38. The third-order valence-electron chi connectivity index (χ3n) is 3.40. The predicted octanol–water partition coefficient (Wildman–Crippen LogP) is 2.56. The molecule has 0 saturated heterocycles. The molecule has 92 valence electrons. The summed E-state index contributed by atoms with van der Waals surface area (Å²) in [5, 5.41) is 19.4. The minimum atomic E-state index is -0.984. The van der Waals surface area contributed by atoms with Crippen LogP contribution in [0.15, 0.2) is 12.1 Å². The van der Waals surface area contributed by atoms with E-state index in [1.165, 1.54) is 19.2 Å². The van der Waals surface area contributed by atoms with Crippen molar-refractivity contribution in [2.24, 2.45) is 0 Å². The fourth-order valence-corrected chi connectivity index (χ4v) is 2.45. The van der Waals surface area contributed by atoms with Crippen LogP contribution in [0.1, 0.15) is 24.8 Å². The van der Waals surface area contributed by atoms with E-state index in [4.69, 9.17) is 16.3 Å². The molecule has 0 radical (unpaired) electrons. The first-order valence-electron chi connectivity index (χ1n) is 5.31. The lowest BCUT2D eigenvalue weighted by atomic mass is 9.64. The highest BCUT2D eigenvalue weighted by Gasteiger charge is 2.47. The van der Waals surface area contributed by atoms with Gasteiger partial charge in [-0.15, -0.1) is 0 Å². The zero-order valence-corrected chi connectivity index (χ0v) is 10.1. The van der Waals surface area contributed by atoms with Crippen molar-refractivity contribution in [3.63, 3.8) is 0 Å². The Morgan fingerprint density at radius 1 is 1.47 bits per heavy atom. The van der Waals surface area contributed by atoms with Gasteiger partial charge in [-0.1, -0.05) is 18.0 Å². The van der Waals surface area contributed by atoms with Gasteiger partial charge in [-0.2, -0.15) is 0 Å². The molecule has 1 saturated carbocycles. The first-order chi connectivity index (χ1) is 8.01. The Balaban J connectivity index is 2.54. The van der Waals surface area contributed by atoms with Gasteiger partial charge in [-0.05, 0) is 18.9 Å². The predicted molar refractivity (Wildman–Crippen MR) is 62.8 cm³/mol. The van der Waals surface area contributed by atoms with E-state index in [0.29, 0.717) is 24.2 Å². The Kier molecular flexibility index (Phi) is 2.91. The molecule has 0 aromatic heterocycles. The van der Waals surface area contributed by atoms with Crippen molar-refractivity contribution in [2.75, 3.05) is 7.11 Å². The van der Waals surface area contributed by atoms with Gasteiger partial charge in [0.2, 0.25) is 0 Å². The molecule has 1 aromatic carbocycles. The van der Waals surface area contributed by atoms with Crippen molar-refractivity contribution in [3.05, 3.63) is 22.7 Å². The van der Waals surface area contributed by atoms with Gasteiger partial charge in [0.05, 0.1) is 17.5 Å². The summed E-state index contributed by atoms with van der Waals surface area (Å²) in [7, 11) is 1.45. The van der Waals surface area contributed by atoms with Gasteiger partial charge in [-0.25, -0.2) is 0 Å². The van der Waals surface area contributed by atoms with E-state index in [1.807, 2.05) is 0 Å². The Labute approximate surface area is 104 Å². The van der Waals surface area contributed by atoms with Crippen LogP contribution < -0.4 is 4.74 Å². The number of methoxy groups -OCH3 is 1. The van der Waals surface area contributed by atoms with E-state index in [1.54, 1.807) is 0 Å². The van der Waals surface area contributed by atoms with E-state index in [9.17, 15) is 15.0 Å². The van der Waals surface area contributed by atoms with Crippen LogP contribution in [0.4, 0.5) is 0 Å². The molecule has 0 bridgehead atoms. The van der Waals surface area contributed by atoms with Crippen molar-refractivity contribution < 1.29 is 19.7 Å². The summed E-state index contributed by atoms with van der Waals surface area (Å²) in [5.74, 6) is -0.617. The summed E-state index contributed by atoms with van der Waals surface area (Å²) >= 11 is 5.86. The number of aliphatic carboxylic acids is 1. The zero-order valence-electron chi connectivity index (χ0n) is 9.36. The molecule has 0 heterocycles. The molecule has 1 aromatic rings. The number of hydrogen-bond donors (Lipinski definition) is 2. The van der Waals surface area contributed by atoms with E-state index in [-0.39, 0.29) is 10.8 Å². The van der Waals surface area contributed by atoms with Crippen molar-refractivity contribution in [2.45, 2.75) is 24.7 Å². The molecule has 1 aliphatic rings. The first kappa shape index (κ1) is 12.0. The quantitative estimate of drug-likeness (QED) is 0.872. The van der Waals surface area contributed by atoms with Crippen LogP contribution in [0.2, 0.25) is 5.02 Å². The largest absolute Gasteiger partial charge is 0.508 e. The Hall–Kier alpha value is -1.42. The normalized spacial score (nSPS) is 17.3. The number of hydrogen-bond acceptors (Lipinski definition) is 3. The number of carboxylic acids is 1. The zero-order chi connectivity index (χ0) is 12.6. The molecule has 5 heteroatoms. The number of benzene rings is 1. The molecule has 0 unspecified atom stereocenters. The molecule has 4 nitrogen and oxygen atoms in total. The molecular weight excluding hydrogens is 244 g/mol. The maximum atomic E-state index is 11.4. The van der Waals surface area contributed by atoms with E-state index >= 15 is 0 Å². The number of rotatable bonds is 3. The van der Waals surface area contributed by atoms with E-state index in [0.717, 1.165) is 6.42 Å². The lowest BCUT2D eigenvalue weighted by molar-refractivity contribution is -0.147. The third kappa shape index (κ3) is 1.72. The van der Waals surface area contributed by atoms with Crippen molar-refractivity contribution >= 4 is 17.6 Å². The van der Waals surface area contributed by atoms with Crippen LogP contribution >= 0.6 is 11.6 Å². The Bertz CT molecular complexity index is 466. The molecule has 0 atom stereocenters. The van der Waals surface area contributed by atoms with Gasteiger partial charge in [0.25, 0.3) is 0 Å². The molecule has 17 heavy (non-hydrogen) atoms. The smallest absolute Gasteiger partial charge is 0.314 e. The second-order valence-electron chi connectivity index (χ2n) is 4.24. The SMILES string of the molecule is COc1cc(C2(C(=O)O)CCC2)c(O)cc1Cl. The molecular formula is C12H13ClO4. The summed E-state index contributed by atoms with van der Waals surface area (Å²) in [5.41, 5.74) is -0.598. The maximum Gasteiger partial charge on any atom is 0.314 e. The maximum absolute atomic E-state index is 11.4. The molecule has 1 fully saturated rings. The molecule has 0 aliphatic heterocycles. The van der Waals surface area contributed by atoms with Crippen LogP contribution in [0.5, 0.6) is 11.5 Å². The fraction of sp³-hybridized carbons (Fsp3) is 0.417. The van der Waals surface area contributed by atoms with Crippen LogP contribution in [0.25, 0.3) is 0 Å². The summed E-state index contributed by atoms with van der Waals surface area (Å²) in [6.07, 6.45) is 1.90. The van der Waals surface area contributed by atoms with E-state index in [2.05, 4.69) is 0 Å². The van der Waals surface area contributed by atoms with Gasteiger partial charge in [0.1, 0.15) is 11.5 Å². The number of halogens is 1. The van der Waals surface area contributed by atoms with Crippen LogP contribution in [0.3, 0.4) is 0 Å². The minimum absolute atomic E-state index is 0.0853. The summed E-state index contributed by atoms with van der Waals surface area (Å²) < 4.78 is 5.05. The minimum Gasteiger partial charge on any atom is -0.508 e. The molecule has 1 aliphatic carbocycles. The summed E-state index contributed by atoms with van der Waals surface area (Å²) in [6.45, 7) is 0. The van der Waals surface area contributed by atoms with Crippen molar-refractivity contribution in [1.29, 1.82) is 0 Å². The summed E-state index contributed by atoms with van der Waals surface area (Å²) in [6, 6.07) is 2.85.